The number of hydrogen-bond acceptors (Lipinski definition) is 7. The van der Waals surface area contributed by atoms with Gasteiger partial charge in [-0.2, -0.15) is 0 Å². The van der Waals surface area contributed by atoms with Gasteiger partial charge >= 0.3 is 0 Å². The summed E-state index contributed by atoms with van der Waals surface area (Å²) in [7, 11) is 1.64. The molecule has 1 aromatic carbocycles. The number of fused-ring (bicyclic) bond motifs is 5. The van der Waals surface area contributed by atoms with Gasteiger partial charge in [0.2, 0.25) is 11.8 Å². The molecule has 0 spiro atoms. The van der Waals surface area contributed by atoms with Crippen LogP contribution in [-0.2, 0) is 11.3 Å². The van der Waals surface area contributed by atoms with Crippen LogP contribution in [0.2, 0.25) is 5.02 Å². The van der Waals surface area contributed by atoms with Crippen molar-refractivity contribution in [3.05, 3.63) is 52.4 Å². The van der Waals surface area contributed by atoms with Gasteiger partial charge in [0.05, 0.1) is 39.6 Å². The third-order valence-corrected chi connectivity index (χ3v) is 6.09. The van der Waals surface area contributed by atoms with Crippen molar-refractivity contribution in [2.24, 2.45) is 16.6 Å². The number of amides is 1. The van der Waals surface area contributed by atoms with Crippen molar-refractivity contribution < 1.29 is 9.53 Å². The molecule has 0 aliphatic carbocycles. The number of nitrogen functional groups attached to an aromatic ring is 1. The van der Waals surface area contributed by atoms with Crippen molar-refractivity contribution in [3.8, 4) is 0 Å². The van der Waals surface area contributed by atoms with Crippen molar-refractivity contribution in [3.63, 3.8) is 0 Å². The van der Waals surface area contributed by atoms with Crippen molar-refractivity contribution in [2.75, 3.05) is 24.7 Å². The smallest absolute Gasteiger partial charge is 0.258 e. The molecule has 1 atom stereocenters. The normalized spacial score (nSPS) is 19.9. The summed E-state index contributed by atoms with van der Waals surface area (Å²) in [6.07, 6.45) is 3.10. The zero-order chi connectivity index (χ0) is 24.4. The third kappa shape index (κ3) is 4.70. The lowest BCUT2D eigenvalue weighted by Crippen LogP contribution is -2.18. The fourth-order valence-corrected chi connectivity index (χ4v) is 4.24. The van der Waals surface area contributed by atoms with Crippen LogP contribution in [0.3, 0.4) is 0 Å². The fourth-order valence-electron chi connectivity index (χ4n) is 4.09. The molecule has 3 heterocycles. The number of carbonyl (C=O) groups excluding carboxylic acids is 1. The van der Waals surface area contributed by atoms with Gasteiger partial charge in [-0.25, -0.2) is 4.98 Å². The third-order valence-electron chi connectivity index (χ3n) is 5.76. The summed E-state index contributed by atoms with van der Waals surface area (Å²) in [6, 6.07) is 6.88. The van der Waals surface area contributed by atoms with E-state index in [1.165, 1.54) is 6.20 Å². The monoisotopic (exact) mass is 481 g/mol. The number of nitrogens with zero attached hydrogens (tertiary/aromatic N) is 4. The number of nitrogens with two attached hydrogens (primary N) is 2. The van der Waals surface area contributed by atoms with Crippen molar-refractivity contribution >= 4 is 51.6 Å². The minimum Gasteiger partial charge on any atom is -0.477 e. The standard InChI is InChI=1S/C24H28ClN7O2/c1-13-5-4-6-34-23(28-3)16(11-26)19-8-15(7-14(2)29-19)22(33)31-24-30-20-9-17(25)18(27)10-21(20)32(24)12-13/h7-11,13H,4-6,12,26-27H2,1-3H3,(H,30,31,33). The Bertz CT molecular complexity index is 1310. The van der Waals surface area contributed by atoms with Crippen molar-refractivity contribution in [1.82, 2.24) is 14.5 Å². The molecule has 10 heteroatoms. The summed E-state index contributed by atoms with van der Waals surface area (Å²) in [5.74, 6) is 0.772. The zero-order valence-corrected chi connectivity index (χ0v) is 20.2. The highest BCUT2D eigenvalue weighted by molar-refractivity contribution is 6.33. The predicted molar refractivity (Wildman–Crippen MR) is 136 cm³/mol. The second-order valence-corrected chi connectivity index (χ2v) is 8.86. The summed E-state index contributed by atoms with van der Waals surface area (Å²) in [5.41, 5.74) is 16.0. The number of rotatable bonds is 0. The lowest BCUT2D eigenvalue weighted by atomic mass is 10.1. The van der Waals surface area contributed by atoms with Crippen LogP contribution >= 0.6 is 11.6 Å². The highest BCUT2D eigenvalue weighted by Gasteiger charge is 2.21. The first-order chi connectivity index (χ1) is 16.3. The van der Waals surface area contributed by atoms with E-state index in [-0.39, 0.29) is 11.8 Å². The van der Waals surface area contributed by atoms with Gasteiger partial charge in [-0.05, 0) is 49.9 Å². The molecule has 4 rings (SSSR count). The van der Waals surface area contributed by atoms with E-state index in [1.54, 1.807) is 31.3 Å². The van der Waals surface area contributed by atoms with Crippen LogP contribution in [0.1, 0.15) is 41.5 Å². The number of benzene rings is 1. The van der Waals surface area contributed by atoms with E-state index < -0.39 is 0 Å². The van der Waals surface area contributed by atoms with E-state index >= 15 is 0 Å². The van der Waals surface area contributed by atoms with Gasteiger partial charge in [0, 0.05) is 31.0 Å². The Kier molecular flexibility index (Phi) is 6.74. The molecule has 2 bridgehead atoms. The van der Waals surface area contributed by atoms with Crippen LogP contribution < -0.4 is 16.8 Å². The number of hydrogen-bond donors (Lipinski definition) is 3. The first-order valence-electron chi connectivity index (χ1n) is 11.1. The van der Waals surface area contributed by atoms with Crippen molar-refractivity contribution in [1.29, 1.82) is 0 Å². The molecule has 0 saturated heterocycles. The van der Waals surface area contributed by atoms with Crippen LogP contribution in [0.15, 0.2) is 35.5 Å². The van der Waals surface area contributed by atoms with Gasteiger partial charge in [0.25, 0.3) is 5.91 Å². The number of aliphatic imine (C=N–C) groups is 1. The molecular weight excluding hydrogens is 454 g/mol. The van der Waals surface area contributed by atoms with Crippen LogP contribution in [0.4, 0.5) is 11.6 Å². The van der Waals surface area contributed by atoms with Crippen LogP contribution in [0, 0.1) is 12.8 Å². The molecule has 34 heavy (non-hydrogen) atoms. The van der Waals surface area contributed by atoms with E-state index in [0.29, 0.717) is 63.7 Å². The lowest BCUT2D eigenvalue weighted by Gasteiger charge is -2.16. The summed E-state index contributed by atoms with van der Waals surface area (Å²) in [4.78, 5) is 26.8. The average molecular weight is 482 g/mol. The highest BCUT2D eigenvalue weighted by Crippen LogP contribution is 2.30. The topological polar surface area (TPSA) is 133 Å². The number of carbonyl (C=O) groups is 1. The Hall–Kier alpha value is -3.59. The maximum absolute atomic E-state index is 13.3. The predicted octanol–water partition coefficient (Wildman–Crippen LogP) is 4.00. The number of aryl methyl sites for hydroxylation is 1. The van der Waals surface area contributed by atoms with Crippen LogP contribution in [0.25, 0.3) is 16.6 Å². The first-order valence-corrected chi connectivity index (χ1v) is 11.5. The molecule has 1 unspecified atom stereocenters. The quantitative estimate of drug-likeness (QED) is 0.415. The van der Waals surface area contributed by atoms with Crippen LogP contribution in [-0.4, -0.2) is 40.0 Å². The van der Waals surface area contributed by atoms with Gasteiger partial charge in [-0.1, -0.05) is 18.5 Å². The molecule has 5 N–H and O–H groups in total. The summed E-state index contributed by atoms with van der Waals surface area (Å²) >= 11 is 6.23. The first kappa shape index (κ1) is 23.6. The molecule has 2 aromatic heterocycles. The summed E-state index contributed by atoms with van der Waals surface area (Å²) in [5, 5.41) is 3.38. The molecule has 1 aliphatic heterocycles. The number of imidazole rings is 1. The maximum Gasteiger partial charge on any atom is 0.258 e. The Morgan fingerprint density at radius 1 is 1.29 bits per heavy atom. The Balaban J connectivity index is 1.84. The maximum atomic E-state index is 13.3. The van der Waals surface area contributed by atoms with Gasteiger partial charge in [-0.15, -0.1) is 0 Å². The number of aromatic nitrogens is 3. The molecule has 0 saturated carbocycles. The van der Waals surface area contributed by atoms with E-state index in [2.05, 4.69) is 27.2 Å². The molecular formula is C24H28ClN7O2. The van der Waals surface area contributed by atoms with E-state index in [4.69, 9.17) is 27.8 Å². The van der Waals surface area contributed by atoms with Gasteiger partial charge < -0.3 is 20.8 Å². The number of nitrogens with one attached hydrogen (secondary N) is 1. The number of pyridine rings is 1. The second-order valence-electron chi connectivity index (χ2n) is 8.45. The van der Waals surface area contributed by atoms with Crippen molar-refractivity contribution in [2.45, 2.75) is 33.2 Å². The Morgan fingerprint density at radius 2 is 2.09 bits per heavy atom. The molecule has 9 nitrogen and oxygen atoms in total. The Morgan fingerprint density at radius 3 is 2.82 bits per heavy atom. The fraction of sp³-hybridized carbons (Fsp3) is 0.333. The van der Waals surface area contributed by atoms with Crippen LogP contribution in [0.5, 0.6) is 0 Å². The second kappa shape index (κ2) is 9.72. The SMILES string of the molecule is CN=C1OCCCC(C)Cn2c(nc3cc(Cl)c(N)cc32)NC(=O)c2cc(C)nc(c2)C1=CN. The average Bonchev–Trinajstić information content (AvgIpc) is 3.10. The molecule has 1 amide bonds. The number of halogens is 1. The van der Waals surface area contributed by atoms with Gasteiger partial charge in [0.1, 0.15) is 0 Å². The van der Waals surface area contributed by atoms with Gasteiger partial charge in [-0.3, -0.25) is 20.1 Å². The summed E-state index contributed by atoms with van der Waals surface area (Å²) < 4.78 is 7.92. The van der Waals surface area contributed by atoms with E-state index in [1.807, 2.05) is 11.5 Å². The van der Waals surface area contributed by atoms with E-state index in [0.717, 1.165) is 18.4 Å². The van der Waals surface area contributed by atoms with Gasteiger partial charge in [0.15, 0.2) is 0 Å². The largest absolute Gasteiger partial charge is 0.477 e. The number of ether oxygens (including phenoxy) is 1. The molecule has 178 valence electrons. The number of anilines is 2. The summed E-state index contributed by atoms with van der Waals surface area (Å²) in [6.45, 7) is 5.07. The molecule has 1 aliphatic rings. The zero-order valence-electron chi connectivity index (χ0n) is 19.4. The minimum absolute atomic E-state index is 0.273. The minimum atomic E-state index is -0.322. The lowest BCUT2D eigenvalue weighted by molar-refractivity contribution is 0.102. The highest BCUT2D eigenvalue weighted by atomic mass is 35.5. The molecule has 0 radical (unpaired) electrons. The Labute approximate surface area is 202 Å². The molecule has 3 aromatic rings. The molecule has 0 fully saturated rings. The van der Waals surface area contributed by atoms with E-state index in [9.17, 15) is 4.79 Å².